The van der Waals surface area contributed by atoms with Crippen molar-refractivity contribution in [1.29, 1.82) is 0 Å². The molecule has 0 saturated carbocycles. The number of nitrogens with two attached hydrogens (primary N) is 1. The Labute approximate surface area is 93.0 Å². The van der Waals surface area contributed by atoms with Crippen molar-refractivity contribution in [2.75, 3.05) is 0 Å². The van der Waals surface area contributed by atoms with E-state index >= 15 is 0 Å². The van der Waals surface area contributed by atoms with Gasteiger partial charge in [-0.2, -0.15) is 0 Å². The number of nitrogens with zero attached hydrogens (tertiary/aromatic N) is 2. The molecule has 0 radical (unpaired) electrons. The molecule has 2 aromatic heterocycles. The Morgan fingerprint density at radius 2 is 2.00 bits per heavy atom. The summed E-state index contributed by atoms with van der Waals surface area (Å²) in [4.78, 5) is 9.65. The molecule has 4 heteroatoms. The van der Waals surface area contributed by atoms with E-state index < -0.39 is 0 Å². The number of aromatic nitrogens is 2. The van der Waals surface area contributed by atoms with Gasteiger partial charge in [-0.3, -0.25) is 4.98 Å². The zero-order valence-corrected chi connectivity index (χ0v) is 9.58. The molecular formula is C11H13N3S. The van der Waals surface area contributed by atoms with E-state index in [0.29, 0.717) is 0 Å². The number of thiazole rings is 1. The summed E-state index contributed by atoms with van der Waals surface area (Å²) in [5.74, 6) is 0. The lowest BCUT2D eigenvalue weighted by Gasteiger charge is -2.04. The summed E-state index contributed by atoms with van der Waals surface area (Å²) in [5.41, 5.74) is 8.00. The van der Waals surface area contributed by atoms with E-state index in [9.17, 15) is 0 Å². The second-order valence-electron chi connectivity index (χ2n) is 3.47. The van der Waals surface area contributed by atoms with E-state index in [1.54, 1.807) is 23.7 Å². The van der Waals surface area contributed by atoms with Crippen LogP contribution < -0.4 is 5.73 Å². The van der Waals surface area contributed by atoms with Crippen LogP contribution in [0, 0.1) is 6.92 Å². The summed E-state index contributed by atoms with van der Waals surface area (Å²) in [5, 5.41) is 1.05. The molecule has 2 rings (SSSR count). The molecule has 0 saturated heterocycles. The van der Waals surface area contributed by atoms with Gasteiger partial charge in [0.1, 0.15) is 0 Å². The molecule has 78 valence electrons. The van der Waals surface area contributed by atoms with Crippen molar-refractivity contribution < 1.29 is 0 Å². The zero-order valence-electron chi connectivity index (χ0n) is 8.77. The Morgan fingerprint density at radius 1 is 1.33 bits per heavy atom. The van der Waals surface area contributed by atoms with Crippen LogP contribution in [0.3, 0.4) is 0 Å². The summed E-state index contributed by atoms with van der Waals surface area (Å²) >= 11 is 1.66. The third-order valence-electron chi connectivity index (χ3n) is 2.13. The summed E-state index contributed by atoms with van der Waals surface area (Å²) in [6.07, 6.45) is 3.55. The van der Waals surface area contributed by atoms with Gasteiger partial charge in [-0.25, -0.2) is 4.98 Å². The van der Waals surface area contributed by atoms with Gasteiger partial charge in [0.05, 0.1) is 10.7 Å². The van der Waals surface area contributed by atoms with Crippen molar-refractivity contribution in [3.8, 4) is 11.3 Å². The predicted octanol–water partition coefficient (Wildman–Crippen LogP) is 2.53. The molecule has 1 atom stereocenters. The molecule has 0 amide bonds. The monoisotopic (exact) mass is 219 g/mol. The number of pyridine rings is 1. The first-order chi connectivity index (χ1) is 7.18. The second kappa shape index (κ2) is 4.08. The van der Waals surface area contributed by atoms with E-state index in [-0.39, 0.29) is 6.04 Å². The van der Waals surface area contributed by atoms with Gasteiger partial charge in [0.15, 0.2) is 0 Å². The number of rotatable bonds is 2. The third kappa shape index (κ3) is 2.06. The van der Waals surface area contributed by atoms with E-state index in [1.807, 2.05) is 26.0 Å². The topological polar surface area (TPSA) is 51.8 Å². The van der Waals surface area contributed by atoms with Crippen LogP contribution in [0.1, 0.15) is 22.9 Å². The lowest BCUT2D eigenvalue weighted by atomic mass is 10.1. The van der Waals surface area contributed by atoms with Crippen LogP contribution in [0.4, 0.5) is 0 Å². The molecule has 0 spiro atoms. The van der Waals surface area contributed by atoms with E-state index in [2.05, 4.69) is 9.97 Å². The normalized spacial score (nSPS) is 12.7. The summed E-state index contributed by atoms with van der Waals surface area (Å²) in [6.45, 7) is 3.98. The average Bonchev–Trinajstić information content (AvgIpc) is 2.62. The van der Waals surface area contributed by atoms with Crippen molar-refractivity contribution in [2.24, 2.45) is 5.73 Å². The van der Waals surface area contributed by atoms with Crippen molar-refractivity contribution in [3.05, 3.63) is 34.4 Å². The van der Waals surface area contributed by atoms with Crippen LogP contribution in [0.5, 0.6) is 0 Å². The SMILES string of the molecule is Cc1nc(-c2ccncc2)c(C(C)N)s1. The van der Waals surface area contributed by atoms with Gasteiger partial charge in [-0.15, -0.1) is 11.3 Å². The molecule has 0 bridgehead atoms. The summed E-state index contributed by atoms with van der Waals surface area (Å²) < 4.78 is 0. The molecule has 0 fully saturated rings. The maximum atomic E-state index is 5.92. The Hall–Kier alpha value is -1.26. The van der Waals surface area contributed by atoms with Gasteiger partial charge in [0.25, 0.3) is 0 Å². The van der Waals surface area contributed by atoms with Gasteiger partial charge in [0.2, 0.25) is 0 Å². The smallest absolute Gasteiger partial charge is 0.0905 e. The molecule has 0 aliphatic rings. The molecule has 1 unspecified atom stereocenters. The molecule has 15 heavy (non-hydrogen) atoms. The second-order valence-corrected chi connectivity index (χ2v) is 4.71. The van der Waals surface area contributed by atoms with Crippen molar-refractivity contribution in [1.82, 2.24) is 9.97 Å². The minimum absolute atomic E-state index is 0.0272. The Kier molecular flexibility index (Phi) is 2.79. The van der Waals surface area contributed by atoms with Gasteiger partial charge < -0.3 is 5.73 Å². The molecule has 2 heterocycles. The van der Waals surface area contributed by atoms with Crippen molar-refractivity contribution in [2.45, 2.75) is 19.9 Å². The first-order valence-electron chi connectivity index (χ1n) is 4.82. The lowest BCUT2D eigenvalue weighted by molar-refractivity contribution is 0.837. The van der Waals surface area contributed by atoms with Gasteiger partial charge in [-0.05, 0) is 26.0 Å². The van der Waals surface area contributed by atoms with E-state index in [4.69, 9.17) is 5.73 Å². The molecule has 2 aromatic rings. The van der Waals surface area contributed by atoms with Gasteiger partial charge in [-0.1, -0.05) is 0 Å². The molecule has 3 nitrogen and oxygen atoms in total. The maximum Gasteiger partial charge on any atom is 0.0905 e. The summed E-state index contributed by atoms with van der Waals surface area (Å²) in [6, 6.07) is 3.94. The average molecular weight is 219 g/mol. The standard InChI is InChI=1S/C11H13N3S/c1-7(12)11-10(14-8(2)15-11)9-3-5-13-6-4-9/h3-7H,12H2,1-2H3. The molecule has 0 aliphatic heterocycles. The fraction of sp³-hybridized carbons (Fsp3) is 0.273. The molecule has 0 aromatic carbocycles. The third-order valence-corrected chi connectivity index (χ3v) is 3.30. The fourth-order valence-corrected chi connectivity index (χ4v) is 2.37. The predicted molar refractivity (Wildman–Crippen MR) is 62.7 cm³/mol. The zero-order chi connectivity index (χ0) is 10.8. The first kappa shape index (κ1) is 10.3. The fourth-order valence-electron chi connectivity index (χ4n) is 1.47. The Morgan fingerprint density at radius 3 is 2.60 bits per heavy atom. The molecular weight excluding hydrogens is 206 g/mol. The maximum absolute atomic E-state index is 5.92. The van der Waals surface area contributed by atoms with E-state index in [1.165, 1.54) is 0 Å². The van der Waals surface area contributed by atoms with Crippen LogP contribution in [0.2, 0.25) is 0 Å². The summed E-state index contributed by atoms with van der Waals surface area (Å²) in [7, 11) is 0. The van der Waals surface area contributed by atoms with Crippen LogP contribution in [-0.4, -0.2) is 9.97 Å². The number of aryl methyl sites for hydroxylation is 1. The van der Waals surface area contributed by atoms with Gasteiger partial charge >= 0.3 is 0 Å². The molecule has 0 aliphatic carbocycles. The quantitative estimate of drug-likeness (QED) is 0.844. The Balaban J connectivity index is 2.53. The largest absolute Gasteiger partial charge is 0.323 e. The highest BCUT2D eigenvalue weighted by atomic mass is 32.1. The van der Waals surface area contributed by atoms with Gasteiger partial charge in [0, 0.05) is 28.9 Å². The number of hydrogen-bond donors (Lipinski definition) is 1. The minimum Gasteiger partial charge on any atom is -0.323 e. The highest BCUT2D eigenvalue weighted by Crippen LogP contribution is 2.31. The lowest BCUT2D eigenvalue weighted by Crippen LogP contribution is -2.04. The van der Waals surface area contributed by atoms with Crippen LogP contribution in [0.25, 0.3) is 11.3 Å². The molecule has 2 N–H and O–H groups in total. The van der Waals surface area contributed by atoms with Crippen molar-refractivity contribution in [3.63, 3.8) is 0 Å². The van der Waals surface area contributed by atoms with Crippen LogP contribution in [0.15, 0.2) is 24.5 Å². The first-order valence-corrected chi connectivity index (χ1v) is 5.63. The Bertz CT molecular complexity index is 448. The minimum atomic E-state index is 0.0272. The van der Waals surface area contributed by atoms with Crippen LogP contribution in [-0.2, 0) is 0 Å². The highest BCUT2D eigenvalue weighted by Gasteiger charge is 2.13. The number of hydrogen-bond acceptors (Lipinski definition) is 4. The van der Waals surface area contributed by atoms with Crippen molar-refractivity contribution >= 4 is 11.3 Å². The van der Waals surface area contributed by atoms with Crippen LogP contribution >= 0.6 is 11.3 Å². The van der Waals surface area contributed by atoms with E-state index in [0.717, 1.165) is 21.1 Å². The highest BCUT2D eigenvalue weighted by molar-refractivity contribution is 7.12.